The maximum Gasteiger partial charge on any atom is 0.231 e. The summed E-state index contributed by atoms with van der Waals surface area (Å²) in [6, 6.07) is 5.65. The zero-order valence-electron chi connectivity index (χ0n) is 14.3. The third-order valence-corrected chi connectivity index (χ3v) is 5.85. The minimum Gasteiger partial charge on any atom is -0.493 e. The first-order chi connectivity index (χ1) is 12.0. The monoisotopic (exact) mass is 340 g/mol. The molecule has 4 atom stereocenters. The molecule has 0 radical (unpaired) electrons. The van der Waals surface area contributed by atoms with Crippen molar-refractivity contribution in [1.29, 1.82) is 0 Å². The van der Waals surface area contributed by atoms with Gasteiger partial charge in [0.1, 0.15) is 0 Å². The van der Waals surface area contributed by atoms with Gasteiger partial charge in [-0.2, -0.15) is 0 Å². The lowest BCUT2D eigenvalue weighted by molar-refractivity contribution is -0.136. The van der Waals surface area contributed by atoms with Crippen molar-refractivity contribution in [2.75, 3.05) is 13.9 Å². The van der Waals surface area contributed by atoms with Crippen LogP contribution in [0.15, 0.2) is 42.7 Å². The first kappa shape index (κ1) is 15.9. The lowest BCUT2D eigenvalue weighted by Gasteiger charge is -2.31. The molecule has 2 aliphatic carbocycles. The van der Waals surface area contributed by atoms with Crippen LogP contribution in [-0.2, 0) is 14.3 Å². The van der Waals surface area contributed by atoms with Gasteiger partial charge in [0, 0.05) is 5.92 Å². The number of ether oxygens (including phenoxy) is 3. The van der Waals surface area contributed by atoms with E-state index in [4.69, 9.17) is 14.2 Å². The Kier molecular flexibility index (Phi) is 3.49. The quantitative estimate of drug-likeness (QED) is 0.623. The third kappa shape index (κ3) is 2.01. The van der Waals surface area contributed by atoms with Crippen LogP contribution in [0.2, 0.25) is 0 Å². The Morgan fingerprint density at radius 1 is 1.32 bits per heavy atom. The van der Waals surface area contributed by atoms with Gasteiger partial charge in [-0.1, -0.05) is 19.1 Å². The summed E-state index contributed by atoms with van der Waals surface area (Å²) in [4.78, 5) is 26.0. The van der Waals surface area contributed by atoms with Gasteiger partial charge in [-0.05, 0) is 36.1 Å². The smallest absolute Gasteiger partial charge is 0.231 e. The van der Waals surface area contributed by atoms with Gasteiger partial charge in [0.15, 0.2) is 23.0 Å². The summed E-state index contributed by atoms with van der Waals surface area (Å²) in [6.07, 6.45) is 3.95. The molecule has 0 unspecified atom stereocenters. The largest absolute Gasteiger partial charge is 0.493 e. The van der Waals surface area contributed by atoms with Crippen LogP contribution in [0.5, 0.6) is 11.5 Å². The Morgan fingerprint density at radius 3 is 2.80 bits per heavy atom. The summed E-state index contributed by atoms with van der Waals surface area (Å²) < 4.78 is 16.1. The molecule has 3 aliphatic rings. The number of allylic oxidation sites excluding steroid dienone is 3. The summed E-state index contributed by atoms with van der Waals surface area (Å²) in [7, 11) is 1.47. The van der Waals surface area contributed by atoms with Crippen molar-refractivity contribution in [1.82, 2.24) is 0 Å². The molecule has 1 aromatic carbocycles. The van der Waals surface area contributed by atoms with Crippen LogP contribution in [0.4, 0.5) is 0 Å². The van der Waals surface area contributed by atoms with Crippen LogP contribution in [0, 0.1) is 17.3 Å². The SMILES string of the molecule is C=CC[C@]12C=C(OC)C(=O)[C@H](C1=O)[C@H](c1ccc3c(c1)OCO3)[C@@H]2C. The van der Waals surface area contributed by atoms with Gasteiger partial charge < -0.3 is 14.2 Å². The molecular weight excluding hydrogens is 320 g/mol. The van der Waals surface area contributed by atoms with Crippen molar-refractivity contribution < 1.29 is 23.8 Å². The molecule has 1 aliphatic heterocycles. The van der Waals surface area contributed by atoms with Crippen LogP contribution in [0.3, 0.4) is 0 Å². The molecule has 5 nitrogen and oxygen atoms in total. The Balaban J connectivity index is 1.84. The second-order valence-electron chi connectivity index (χ2n) is 6.88. The average molecular weight is 340 g/mol. The molecule has 4 rings (SSSR count). The molecule has 0 N–H and O–H groups in total. The van der Waals surface area contributed by atoms with E-state index in [1.165, 1.54) is 7.11 Å². The fourth-order valence-electron chi connectivity index (χ4n) is 4.57. The molecule has 0 saturated heterocycles. The number of carbonyl (C=O) groups is 2. The Hall–Kier alpha value is -2.56. The standard InChI is InChI=1S/C20H20O5/c1-4-7-20-9-15(23-3)18(21)17(19(20)22)16(11(20)2)12-5-6-13-14(8-12)25-10-24-13/h4-6,8-9,11,16-17H,1,7,10H2,2-3H3/t11-,16-,17+,20+/m0/s1. The minimum atomic E-state index is -0.743. The maximum atomic E-state index is 13.2. The lowest BCUT2D eigenvalue weighted by Crippen LogP contribution is -2.38. The van der Waals surface area contributed by atoms with Crippen LogP contribution in [0.25, 0.3) is 0 Å². The van der Waals surface area contributed by atoms with Gasteiger partial charge in [0.2, 0.25) is 12.6 Å². The average Bonchev–Trinajstić information content (AvgIpc) is 3.13. The van der Waals surface area contributed by atoms with E-state index in [0.717, 1.165) is 5.56 Å². The molecule has 1 heterocycles. The lowest BCUT2D eigenvalue weighted by atomic mass is 9.71. The second-order valence-corrected chi connectivity index (χ2v) is 6.88. The predicted molar refractivity (Wildman–Crippen MR) is 90.3 cm³/mol. The Morgan fingerprint density at radius 2 is 2.08 bits per heavy atom. The van der Waals surface area contributed by atoms with Crippen LogP contribution < -0.4 is 9.47 Å². The molecule has 1 aromatic rings. The van der Waals surface area contributed by atoms with Gasteiger partial charge in [0.25, 0.3) is 0 Å². The van der Waals surface area contributed by atoms with Crippen molar-refractivity contribution in [2.24, 2.45) is 17.3 Å². The predicted octanol–water partition coefficient (Wildman–Crippen LogP) is 3.01. The van der Waals surface area contributed by atoms with Gasteiger partial charge >= 0.3 is 0 Å². The van der Waals surface area contributed by atoms with E-state index in [-0.39, 0.29) is 36.0 Å². The van der Waals surface area contributed by atoms with Crippen molar-refractivity contribution in [3.05, 3.63) is 48.3 Å². The molecule has 1 fully saturated rings. The summed E-state index contributed by atoms with van der Waals surface area (Å²) >= 11 is 0. The summed E-state index contributed by atoms with van der Waals surface area (Å²) in [5.41, 5.74) is 0.173. The van der Waals surface area contributed by atoms with Crippen molar-refractivity contribution in [3.8, 4) is 11.5 Å². The van der Waals surface area contributed by atoms with Crippen LogP contribution in [0.1, 0.15) is 24.8 Å². The number of methoxy groups -OCH3 is 1. The zero-order chi connectivity index (χ0) is 17.8. The van der Waals surface area contributed by atoms with Gasteiger partial charge in [-0.3, -0.25) is 9.59 Å². The van der Waals surface area contributed by atoms with Crippen LogP contribution >= 0.6 is 0 Å². The maximum absolute atomic E-state index is 13.2. The normalized spacial score (nSPS) is 32.6. The van der Waals surface area contributed by atoms with Gasteiger partial charge in [-0.25, -0.2) is 0 Å². The number of benzene rings is 1. The number of ketones is 2. The highest BCUT2D eigenvalue weighted by Crippen LogP contribution is 2.59. The number of rotatable bonds is 4. The first-order valence-electron chi connectivity index (χ1n) is 8.39. The van der Waals surface area contributed by atoms with E-state index in [2.05, 4.69) is 6.58 Å². The van der Waals surface area contributed by atoms with Gasteiger partial charge in [0.05, 0.1) is 18.4 Å². The van der Waals surface area contributed by atoms with E-state index in [1.807, 2.05) is 25.1 Å². The topological polar surface area (TPSA) is 61.8 Å². The fourth-order valence-corrected chi connectivity index (χ4v) is 4.57. The van der Waals surface area contributed by atoms with Crippen LogP contribution in [-0.4, -0.2) is 25.5 Å². The Labute approximate surface area is 146 Å². The fraction of sp³-hybridized carbons (Fsp3) is 0.400. The number of hydrogen-bond donors (Lipinski definition) is 0. The number of fused-ring (bicyclic) bond motifs is 3. The molecule has 0 aromatic heterocycles. The molecule has 5 heteroatoms. The zero-order valence-corrected chi connectivity index (χ0v) is 14.3. The highest BCUT2D eigenvalue weighted by Gasteiger charge is 2.62. The molecule has 0 amide bonds. The number of hydrogen-bond acceptors (Lipinski definition) is 5. The van der Waals surface area contributed by atoms with E-state index in [9.17, 15) is 9.59 Å². The molecule has 0 spiro atoms. The van der Waals surface area contributed by atoms with Crippen molar-refractivity contribution >= 4 is 11.6 Å². The minimum absolute atomic E-state index is 0.0339. The summed E-state index contributed by atoms with van der Waals surface area (Å²) in [5.74, 6) is 0.345. The molecular formula is C20H20O5. The van der Waals surface area contributed by atoms with E-state index < -0.39 is 11.3 Å². The molecule has 25 heavy (non-hydrogen) atoms. The first-order valence-corrected chi connectivity index (χ1v) is 8.39. The van der Waals surface area contributed by atoms with E-state index in [1.54, 1.807) is 12.2 Å². The molecule has 2 bridgehead atoms. The number of Topliss-reactive ketones (excluding diaryl/α,β-unsaturated/α-hetero) is 2. The third-order valence-electron chi connectivity index (χ3n) is 5.85. The summed E-state index contributed by atoms with van der Waals surface area (Å²) in [5, 5.41) is 0. The van der Waals surface area contributed by atoms with E-state index >= 15 is 0 Å². The molecule has 130 valence electrons. The highest BCUT2D eigenvalue weighted by molar-refractivity contribution is 6.17. The van der Waals surface area contributed by atoms with E-state index in [0.29, 0.717) is 17.9 Å². The van der Waals surface area contributed by atoms with Crippen molar-refractivity contribution in [3.63, 3.8) is 0 Å². The summed E-state index contributed by atoms with van der Waals surface area (Å²) in [6.45, 7) is 6.02. The number of carbonyl (C=O) groups excluding carboxylic acids is 2. The molecule has 1 saturated carbocycles. The highest BCUT2D eigenvalue weighted by atomic mass is 16.7. The van der Waals surface area contributed by atoms with Crippen molar-refractivity contribution in [2.45, 2.75) is 19.3 Å². The Bertz CT molecular complexity index is 808. The van der Waals surface area contributed by atoms with Gasteiger partial charge in [-0.15, -0.1) is 6.58 Å². The second kappa shape index (κ2) is 5.48.